The molecule has 0 saturated heterocycles. The van der Waals surface area contributed by atoms with Gasteiger partial charge < -0.3 is 9.84 Å². The molecule has 0 unspecified atom stereocenters. The van der Waals surface area contributed by atoms with Crippen LogP contribution in [0.4, 0.5) is 0 Å². The minimum absolute atomic E-state index is 0.0546. The fourth-order valence-electron chi connectivity index (χ4n) is 0.930. The van der Waals surface area contributed by atoms with Gasteiger partial charge in [-0.25, -0.2) is 0 Å². The quantitative estimate of drug-likeness (QED) is 0.730. The summed E-state index contributed by atoms with van der Waals surface area (Å²) in [6.45, 7) is 7.09. The largest absolute Gasteiger partial charge is 0.361 e. The van der Waals surface area contributed by atoms with Crippen molar-refractivity contribution in [2.24, 2.45) is 0 Å². The highest BCUT2D eigenvalue weighted by molar-refractivity contribution is 5.12. The van der Waals surface area contributed by atoms with Crippen LogP contribution in [0.25, 0.3) is 0 Å². The number of nitrogens with zero attached hydrogens (tertiary/aromatic N) is 1. The van der Waals surface area contributed by atoms with Crippen LogP contribution >= 0.6 is 0 Å². The molecule has 0 amide bonds. The summed E-state index contributed by atoms with van der Waals surface area (Å²) in [7, 11) is 1.89. The first-order valence-corrected chi connectivity index (χ1v) is 4.14. The third-order valence-electron chi connectivity index (χ3n) is 1.66. The lowest BCUT2D eigenvalue weighted by atomic mass is 9.93. The van der Waals surface area contributed by atoms with E-state index in [1.807, 2.05) is 13.1 Å². The van der Waals surface area contributed by atoms with E-state index in [1.54, 1.807) is 0 Å². The van der Waals surface area contributed by atoms with Crippen molar-refractivity contribution in [3.8, 4) is 0 Å². The Balaban J connectivity index is 2.77. The third-order valence-corrected chi connectivity index (χ3v) is 1.66. The molecule has 1 rings (SSSR count). The molecule has 0 radical (unpaired) electrons. The predicted molar refractivity (Wildman–Crippen MR) is 48.0 cm³/mol. The van der Waals surface area contributed by atoms with Gasteiger partial charge in [-0.15, -0.1) is 0 Å². The number of hydrogen-bond donors (Lipinski definition) is 1. The Morgan fingerprint density at radius 3 is 2.58 bits per heavy atom. The molecular formula is C9H16N2O. The average Bonchev–Trinajstić information content (AvgIpc) is 2.35. The highest BCUT2D eigenvalue weighted by Gasteiger charge is 2.19. The van der Waals surface area contributed by atoms with Crippen LogP contribution in [-0.4, -0.2) is 12.2 Å². The highest BCUT2D eigenvalue weighted by atomic mass is 16.5. The summed E-state index contributed by atoms with van der Waals surface area (Å²) in [4.78, 5) is 0. The SMILES string of the molecule is CNCc1cc(C(C)(C)C)on1. The van der Waals surface area contributed by atoms with Gasteiger partial charge in [-0.3, -0.25) is 0 Å². The molecule has 3 nitrogen and oxygen atoms in total. The second-order valence-electron chi connectivity index (χ2n) is 3.96. The molecule has 1 aromatic rings. The van der Waals surface area contributed by atoms with E-state index < -0.39 is 0 Å². The Labute approximate surface area is 73.1 Å². The van der Waals surface area contributed by atoms with Crippen LogP contribution < -0.4 is 5.32 Å². The summed E-state index contributed by atoms with van der Waals surface area (Å²) in [5.74, 6) is 0.938. The minimum atomic E-state index is 0.0546. The van der Waals surface area contributed by atoms with Crippen molar-refractivity contribution in [3.05, 3.63) is 17.5 Å². The van der Waals surface area contributed by atoms with Gasteiger partial charge in [0, 0.05) is 18.0 Å². The molecule has 0 aliphatic carbocycles. The van der Waals surface area contributed by atoms with Crippen LogP contribution in [0.1, 0.15) is 32.2 Å². The van der Waals surface area contributed by atoms with E-state index in [2.05, 4.69) is 31.2 Å². The van der Waals surface area contributed by atoms with Crippen molar-refractivity contribution < 1.29 is 4.52 Å². The number of nitrogens with one attached hydrogen (secondary N) is 1. The third kappa shape index (κ3) is 2.08. The van der Waals surface area contributed by atoms with Crippen molar-refractivity contribution in [2.75, 3.05) is 7.05 Å². The lowest BCUT2D eigenvalue weighted by Crippen LogP contribution is -2.09. The van der Waals surface area contributed by atoms with Crippen molar-refractivity contribution >= 4 is 0 Å². The molecule has 0 fully saturated rings. The zero-order valence-corrected chi connectivity index (χ0v) is 8.14. The summed E-state index contributed by atoms with van der Waals surface area (Å²) in [6.07, 6.45) is 0. The summed E-state index contributed by atoms with van der Waals surface area (Å²) < 4.78 is 5.19. The predicted octanol–water partition coefficient (Wildman–Crippen LogP) is 1.69. The number of rotatable bonds is 2. The zero-order chi connectivity index (χ0) is 9.19. The average molecular weight is 168 g/mol. The maximum absolute atomic E-state index is 5.19. The van der Waals surface area contributed by atoms with Crippen molar-refractivity contribution in [1.29, 1.82) is 0 Å². The fourth-order valence-corrected chi connectivity index (χ4v) is 0.930. The Hall–Kier alpha value is -0.830. The standard InChI is InChI=1S/C9H16N2O/c1-9(2,3)8-5-7(6-10-4)11-12-8/h5,10H,6H2,1-4H3. The first-order chi connectivity index (χ1) is 5.54. The molecule has 1 aromatic heterocycles. The van der Waals surface area contributed by atoms with Crippen molar-refractivity contribution in [2.45, 2.75) is 32.7 Å². The molecule has 0 aliphatic rings. The summed E-state index contributed by atoms with van der Waals surface area (Å²) in [6, 6.07) is 2.00. The smallest absolute Gasteiger partial charge is 0.142 e. The molecule has 0 spiro atoms. The number of hydrogen-bond acceptors (Lipinski definition) is 3. The van der Waals surface area contributed by atoms with E-state index in [-0.39, 0.29) is 5.41 Å². The maximum atomic E-state index is 5.19. The Bertz CT molecular complexity index is 247. The molecule has 0 bridgehead atoms. The van der Waals surface area contributed by atoms with Gasteiger partial charge in [-0.1, -0.05) is 25.9 Å². The van der Waals surface area contributed by atoms with E-state index in [0.717, 1.165) is 18.0 Å². The van der Waals surface area contributed by atoms with E-state index in [4.69, 9.17) is 4.52 Å². The molecule has 0 aliphatic heterocycles. The zero-order valence-electron chi connectivity index (χ0n) is 8.14. The fraction of sp³-hybridized carbons (Fsp3) is 0.667. The van der Waals surface area contributed by atoms with Gasteiger partial charge in [-0.2, -0.15) is 0 Å². The molecule has 3 heteroatoms. The lowest BCUT2D eigenvalue weighted by Gasteiger charge is -2.12. The monoisotopic (exact) mass is 168 g/mol. The molecule has 12 heavy (non-hydrogen) atoms. The highest BCUT2D eigenvalue weighted by Crippen LogP contribution is 2.22. The molecule has 1 heterocycles. The van der Waals surface area contributed by atoms with Gasteiger partial charge in [0.15, 0.2) is 0 Å². The second kappa shape index (κ2) is 3.27. The van der Waals surface area contributed by atoms with E-state index in [9.17, 15) is 0 Å². The van der Waals surface area contributed by atoms with Crippen LogP contribution in [0.3, 0.4) is 0 Å². The van der Waals surface area contributed by atoms with Crippen LogP contribution in [0.2, 0.25) is 0 Å². The minimum Gasteiger partial charge on any atom is -0.361 e. The van der Waals surface area contributed by atoms with Crippen LogP contribution in [0.5, 0.6) is 0 Å². The van der Waals surface area contributed by atoms with Gasteiger partial charge in [-0.05, 0) is 7.05 Å². The van der Waals surface area contributed by atoms with Crippen LogP contribution in [0.15, 0.2) is 10.6 Å². The molecule has 68 valence electrons. The first-order valence-electron chi connectivity index (χ1n) is 4.14. The normalized spacial score (nSPS) is 12.0. The van der Waals surface area contributed by atoms with E-state index >= 15 is 0 Å². The van der Waals surface area contributed by atoms with Gasteiger partial charge in [0.05, 0.1) is 5.69 Å². The molecule has 0 saturated carbocycles. The second-order valence-corrected chi connectivity index (χ2v) is 3.96. The summed E-state index contributed by atoms with van der Waals surface area (Å²) in [5.41, 5.74) is 1.02. The topological polar surface area (TPSA) is 38.1 Å². The van der Waals surface area contributed by atoms with Crippen molar-refractivity contribution in [1.82, 2.24) is 10.5 Å². The molecule has 1 N–H and O–H groups in total. The Kier molecular flexibility index (Phi) is 2.52. The van der Waals surface area contributed by atoms with E-state index in [0.29, 0.717) is 0 Å². The van der Waals surface area contributed by atoms with Gasteiger partial charge >= 0.3 is 0 Å². The summed E-state index contributed by atoms with van der Waals surface area (Å²) in [5, 5.41) is 6.96. The molecule has 0 atom stereocenters. The Morgan fingerprint density at radius 2 is 2.17 bits per heavy atom. The number of aromatic nitrogens is 1. The van der Waals surface area contributed by atoms with Gasteiger partial charge in [0.25, 0.3) is 0 Å². The van der Waals surface area contributed by atoms with Crippen molar-refractivity contribution in [3.63, 3.8) is 0 Å². The summed E-state index contributed by atoms with van der Waals surface area (Å²) >= 11 is 0. The van der Waals surface area contributed by atoms with Crippen LogP contribution in [0, 0.1) is 0 Å². The van der Waals surface area contributed by atoms with Gasteiger partial charge in [0.1, 0.15) is 5.76 Å². The first kappa shape index (κ1) is 9.26. The lowest BCUT2D eigenvalue weighted by molar-refractivity contribution is 0.325. The Morgan fingerprint density at radius 1 is 1.50 bits per heavy atom. The van der Waals surface area contributed by atoms with E-state index in [1.165, 1.54) is 0 Å². The maximum Gasteiger partial charge on any atom is 0.142 e. The van der Waals surface area contributed by atoms with Gasteiger partial charge in [0.2, 0.25) is 0 Å². The molecular weight excluding hydrogens is 152 g/mol. The van der Waals surface area contributed by atoms with Crippen LogP contribution in [-0.2, 0) is 12.0 Å². The molecule has 0 aromatic carbocycles.